The van der Waals surface area contributed by atoms with Crippen LogP contribution in [0.5, 0.6) is 0 Å². The Kier molecular flexibility index (Phi) is 9.93. The summed E-state index contributed by atoms with van der Waals surface area (Å²) in [6, 6.07) is 89.3. The smallest absolute Gasteiger partial charge is 0.0562 e. The number of hydrogen-bond donors (Lipinski definition) is 0. The van der Waals surface area contributed by atoms with E-state index in [1.165, 1.54) is 77.0 Å². The first-order chi connectivity index (χ1) is 34.8. The van der Waals surface area contributed by atoms with Gasteiger partial charge in [-0.05, 0) is 180 Å². The molecule has 71 heavy (non-hydrogen) atoms. The van der Waals surface area contributed by atoms with Crippen LogP contribution >= 0.6 is 0 Å². The van der Waals surface area contributed by atoms with Crippen molar-refractivity contribution in [1.29, 1.82) is 0 Å². The number of rotatable bonds is 8. The van der Waals surface area contributed by atoms with Crippen LogP contribution in [0.1, 0.15) is 36.1 Å². The molecule has 340 valence electrons. The third-order valence-corrected chi connectivity index (χ3v) is 14.8. The number of aryl methyl sites for hydroxylation is 2. The quantitative estimate of drug-likeness (QED) is 0.141. The minimum absolute atomic E-state index is 0.254. The van der Waals surface area contributed by atoms with E-state index in [1.807, 2.05) is 0 Å². The fourth-order valence-corrected chi connectivity index (χ4v) is 11.2. The Morgan fingerprint density at radius 1 is 0.324 bits per heavy atom. The van der Waals surface area contributed by atoms with Crippen molar-refractivity contribution < 1.29 is 0 Å². The minimum Gasteiger partial charge on any atom is -0.311 e. The molecule has 0 fully saturated rings. The molecule has 0 saturated carbocycles. The molecule has 13 rings (SSSR count). The largest absolute Gasteiger partial charge is 0.311 e. The Morgan fingerprint density at radius 2 is 0.817 bits per heavy atom. The van der Waals surface area contributed by atoms with Crippen molar-refractivity contribution in [2.75, 3.05) is 14.7 Å². The zero-order valence-electron chi connectivity index (χ0n) is 40.4. The minimum atomic E-state index is -0.254. The van der Waals surface area contributed by atoms with Gasteiger partial charge in [-0.1, -0.05) is 134 Å². The predicted molar refractivity (Wildman–Crippen MR) is 301 cm³/mol. The topological polar surface area (TPSA) is 14.7 Å². The lowest BCUT2D eigenvalue weighted by molar-refractivity contribution is 0.633. The van der Waals surface area contributed by atoms with Crippen LogP contribution in [-0.4, -0.2) is 4.57 Å². The van der Waals surface area contributed by atoms with E-state index in [4.69, 9.17) is 0 Å². The molecule has 1 aliphatic rings. The first kappa shape index (κ1) is 42.3. The summed E-state index contributed by atoms with van der Waals surface area (Å²) >= 11 is 0. The van der Waals surface area contributed by atoms with Crippen LogP contribution in [0.3, 0.4) is 0 Å². The summed E-state index contributed by atoms with van der Waals surface area (Å²) < 4.78 is 2.45. The molecule has 0 aliphatic carbocycles. The predicted octanol–water partition coefficient (Wildman–Crippen LogP) is 18.8. The molecule has 0 saturated heterocycles. The summed E-state index contributed by atoms with van der Waals surface area (Å²) in [7, 11) is 0. The zero-order valence-corrected chi connectivity index (χ0v) is 40.4. The molecule has 0 N–H and O–H groups in total. The lowest BCUT2D eigenvalue weighted by Gasteiger charge is -2.42. The van der Waals surface area contributed by atoms with Gasteiger partial charge in [0.15, 0.2) is 0 Å². The molecule has 0 amide bonds. The Hall–Kier alpha value is -8.86. The fraction of sp³-hybridized carbons (Fsp3) is 0.0746. The maximum Gasteiger partial charge on any atom is 0.0562 e. The highest BCUT2D eigenvalue weighted by molar-refractivity contribution is 6.12. The molecular formula is C67H52N4. The lowest BCUT2D eigenvalue weighted by Crippen LogP contribution is -2.30. The molecule has 0 spiro atoms. The number of fused-ring (bicyclic) bond motifs is 7. The molecular weight excluding hydrogens is 861 g/mol. The van der Waals surface area contributed by atoms with Crippen molar-refractivity contribution in [1.82, 2.24) is 4.57 Å². The Bertz CT molecular complexity index is 3880. The number of hydrogen-bond acceptors (Lipinski definition) is 3. The molecule has 2 heterocycles. The number of benzene rings is 11. The highest BCUT2D eigenvalue weighted by Gasteiger charge is 2.38. The molecule has 12 aromatic rings. The molecule has 1 aromatic heterocycles. The van der Waals surface area contributed by atoms with Gasteiger partial charge in [0.05, 0.1) is 22.4 Å². The van der Waals surface area contributed by atoms with E-state index in [-0.39, 0.29) is 5.41 Å². The van der Waals surface area contributed by atoms with Crippen LogP contribution in [0, 0.1) is 13.8 Å². The van der Waals surface area contributed by atoms with Crippen molar-refractivity contribution in [3.05, 3.63) is 265 Å². The first-order valence-corrected chi connectivity index (χ1v) is 24.7. The third kappa shape index (κ3) is 7.13. The Morgan fingerprint density at radius 3 is 1.46 bits per heavy atom. The molecule has 4 nitrogen and oxygen atoms in total. The van der Waals surface area contributed by atoms with Crippen molar-refractivity contribution in [3.8, 4) is 5.69 Å². The maximum absolute atomic E-state index is 2.51. The molecule has 0 bridgehead atoms. The SMILES string of the molecule is Cc1ccc(N(c2ccc(C)cc2)c2ccc3cc4cc(N5c6ccccc6C(C)(C)c6cc7c8ccccc8n(-c8ccc(N(c9ccccc9)c9ccccc9)cc8)c7cc65)ccc4cc3c2)cc1. The van der Waals surface area contributed by atoms with Gasteiger partial charge >= 0.3 is 0 Å². The van der Waals surface area contributed by atoms with Gasteiger partial charge in [0, 0.05) is 61.7 Å². The van der Waals surface area contributed by atoms with Crippen LogP contribution in [0.2, 0.25) is 0 Å². The van der Waals surface area contributed by atoms with Gasteiger partial charge in [-0.25, -0.2) is 0 Å². The standard InChI is InChI=1S/C67H52N4/c1-45-23-29-53(30-24-45)69(54-31-25-46(2)26-32-54)57-33-27-47-40-50-42-58(34-28-48(50)39-49(47)41-57)71-64-22-14-12-20-61(64)67(3,4)62-43-60-59-19-11-13-21-63(59)70(65(60)44-66(62)71)56-37-35-55(36-38-56)68(51-15-7-5-8-16-51)52-17-9-6-10-18-52/h5-44H,1-4H3. The van der Waals surface area contributed by atoms with Crippen LogP contribution in [0.15, 0.2) is 243 Å². The molecule has 11 aromatic carbocycles. The second kappa shape index (κ2) is 16.7. The van der Waals surface area contributed by atoms with Crippen molar-refractivity contribution >= 4 is 94.5 Å². The second-order valence-electron chi connectivity index (χ2n) is 19.7. The van der Waals surface area contributed by atoms with Crippen molar-refractivity contribution in [2.45, 2.75) is 33.1 Å². The van der Waals surface area contributed by atoms with E-state index < -0.39 is 0 Å². The van der Waals surface area contributed by atoms with E-state index >= 15 is 0 Å². The first-order valence-electron chi connectivity index (χ1n) is 24.7. The summed E-state index contributed by atoms with van der Waals surface area (Å²) in [6.07, 6.45) is 0. The van der Waals surface area contributed by atoms with Gasteiger partial charge < -0.3 is 19.3 Å². The van der Waals surface area contributed by atoms with E-state index in [0.29, 0.717) is 0 Å². The average molecular weight is 913 g/mol. The second-order valence-corrected chi connectivity index (χ2v) is 19.7. The number of anilines is 9. The number of nitrogens with zero attached hydrogens (tertiary/aromatic N) is 4. The van der Waals surface area contributed by atoms with Gasteiger partial charge in [-0.15, -0.1) is 0 Å². The highest BCUT2D eigenvalue weighted by atomic mass is 15.2. The highest BCUT2D eigenvalue weighted by Crippen LogP contribution is 2.54. The fourth-order valence-electron chi connectivity index (χ4n) is 11.2. The van der Waals surface area contributed by atoms with Crippen LogP contribution < -0.4 is 14.7 Å². The number of aromatic nitrogens is 1. The summed E-state index contributed by atoms with van der Waals surface area (Å²) in [4.78, 5) is 7.18. The van der Waals surface area contributed by atoms with Crippen LogP contribution in [0.25, 0.3) is 49.0 Å². The van der Waals surface area contributed by atoms with E-state index in [1.54, 1.807) is 0 Å². The molecule has 0 unspecified atom stereocenters. The van der Waals surface area contributed by atoms with Gasteiger partial charge in [0.25, 0.3) is 0 Å². The maximum atomic E-state index is 2.51. The molecule has 0 radical (unpaired) electrons. The summed E-state index contributed by atoms with van der Waals surface area (Å²) in [6.45, 7) is 9.05. The third-order valence-electron chi connectivity index (χ3n) is 14.8. The van der Waals surface area contributed by atoms with Crippen LogP contribution in [0.4, 0.5) is 51.2 Å². The Labute approximate surface area is 415 Å². The molecule has 0 atom stereocenters. The summed E-state index contributed by atoms with van der Waals surface area (Å²) in [5, 5.41) is 7.32. The Balaban J connectivity index is 0.943. The summed E-state index contributed by atoms with van der Waals surface area (Å²) in [5.74, 6) is 0. The van der Waals surface area contributed by atoms with E-state index in [9.17, 15) is 0 Å². The van der Waals surface area contributed by atoms with Crippen molar-refractivity contribution in [2.24, 2.45) is 0 Å². The number of para-hydroxylation sites is 4. The molecule has 1 aliphatic heterocycles. The van der Waals surface area contributed by atoms with Crippen LogP contribution in [-0.2, 0) is 5.41 Å². The molecule has 4 heteroatoms. The average Bonchev–Trinajstić information content (AvgIpc) is 3.73. The normalized spacial score (nSPS) is 12.9. The monoisotopic (exact) mass is 912 g/mol. The van der Waals surface area contributed by atoms with E-state index in [0.717, 1.165) is 45.5 Å². The lowest BCUT2D eigenvalue weighted by atomic mass is 9.73. The van der Waals surface area contributed by atoms with Gasteiger partial charge in [-0.2, -0.15) is 0 Å². The zero-order chi connectivity index (χ0) is 47.8. The van der Waals surface area contributed by atoms with Gasteiger partial charge in [0.1, 0.15) is 0 Å². The van der Waals surface area contributed by atoms with Gasteiger partial charge in [0.2, 0.25) is 0 Å². The summed E-state index contributed by atoms with van der Waals surface area (Å²) in [5.41, 5.74) is 18.6. The van der Waals surface area contributed by atoms with Crippen molar-refractivity contribution in [3.63, 3.8) is 0 Å². The van der Waals surface area contributed by atoms with E-state index in [2.05, 4.69) is 290 Å². The van der Waals surface area contributed by atoms with Gasteiger partial charge in [-0.3, -0.25) is 0 Å².